The molecule has 0 aromatic heterocycles. The van der Waals surface area contributed by atoms with Crippen molar-refractivity contribution in [3.05, 3.63) is 29.8 Å². The van der Waals surface area contributed by atoms with Crippen LogP contribution in [-0.2, 0) is 0 Å². The van der Waals surface area contributed by atoms with Gasteiger partial charge in [-0.1, -0.05) is 15.9 Å². The topological polar surface area (TPSA) is 9.23 Å². The highest BCUT2D eigenvalue weighted by atomic mass is 79.9. The maximum atomic E-state index is 12.8. The zero-order valence-corrected chi connectivity index (χ0v) is 9.69. The Balaban J connectivity index is 1.96. The Labute approximate surface area is 95.6 Å². The minimum atomic E-state index is -0.865. The first-order valence-corrected chi connectivity index (χ1v) is 5.91. The predicted molar refractivity (Wildman–Crippen MR) is 57.3 cm³/mol. The summed E-state index contributed by atoms with van der Waals surface area (Å²) < 4.78 is 30.9. The SMILES string of the molecule is Fc1ccc(OCC2(CBr)CC2)cc1F. The van der Waals surface area contributed by atoms with Crippen LogP contribution < -0.4 is 4.74 Å². The number of alkyl halides is 1. The second kappa shape index (κ2) is 4.08. The van der Waals surface area contributed by atoms with Gasteiger partial charge in [0.15, 0.2) is 11.6 Å². The second-order valence-corrected chi connectivity index (χ2v) is 4.56. The third kappa shape index (κ3) is 2.48. The average molecular weight is 277 g/mol. The van der Waals surface area contributed by atoms with Crippen LogP contribution in [0.4, 0.5) is 8.78 Å². The molecule has 0 N–H and O–H groups in total. The molecular weight excluding hydrogens is 266 g/mol. The molecule has 1 fully saturated rings. The van der Waals surface area contributed by atoms with Crippen molar-refractivity contribution >= 4 is 15.9 Å². The van der Waals surface area contributed by atoms with Gasteiger partial charge in [-0.15, -0.1) is 0 Å². The number of benzene rings is 1. The second-order valence-electron chi connectivity index (χ2n) is 4.00. The van der Waals surface area contributed by atoms with Crippen molar-refractivity contribution in [2.45, 2.75) is 12.8 Å². The summed E-state index contributed by atoms with van der Waals surface area (Å²) in [5.41, 5.74) is 0.213. The van der Waals surface area contributed by atoms with Crippen LogP contribution in [0.25, 0.3) is 0 Å². The summed E-state index contributed by atoms with van der Waals surface area (Å²) in [5, 5.41) is 0.893. The van der Waals surface area contributed by atoms with Gasteiger partial charge < -0.3 is 4.74 Å². The summed E-state index contributed by atoms with van der Waals surface area (Å²) in [6.07, 6.45) is 2.25. The molecule has 0 bridgehead atoms. The van der Waals surface area contributed by atoms with Crippen LogP contribution in [0.5, 0.6) is 5.75 Å². The molecule has 1 aromatic rings. The van der Waals surface area contributed by atoms with Gasteiger partial charge in [-0.3, -0.25) is 0 Å². The van der Waals surface area contributed by atoms with Crippen molar-refractivity contribution in [1.29, 1.82) is 0 Å². The van der Waals surface area contributed by atoms with Crippen LogP contribution in [0.1, 0.15) is 12.8 Å². The molecule has 1 aliphatic rings. The fourth-order valence-electron chi connectivity index (χ4n) is 1.30. The molecule has 1 aromatic carbocycles. The molecule has 15 heavy (non-hydrogen) atoms. The monoisotopic (exact) mass is 276 g/mol. The van der Waals surface area contributed by atoms with Crippen LogP contribution >= 0.6 is 15.9 Å². The van der Waals surface area contributed by atoms with Gasteiger partial charge in [-0.2, -0.15) is 0 Å². The zero-order chi connectivity index (χ0) is 10.9. The van der Waals surface area contributed by atoms with Gasteiger partial charge in [0, 0.05) is 16.8 Å². The van der Waals surface area contributed by atoms with E-state index in [2.05, 4.69) is 15.9 Å². The summed E-state index contributed by atoms with van der Waals surface area (Å²) >= 11 is 3.42. The number of ether oxygens (including phenoxy) is 1. The molecule has 1 saturated carbocycles. The molecule has 0 aliphatic heterocycles. The molecule has 1 aliphatic carbocycles. The van der Waals surface area contributed by atoms with Crippen LogP contribution in [0, 0.1) is 17.0 Å². The van der Waals surface area contributed by atoms with Crippen LogP contribution in [0.2, 0.25) is 0 Å². The molecule has 0 atom stereocenters. The number of hydrogen-bond acceptors (Lipinski definition) is 1. The van der Waals surface area contributed by atoms with Crippen LogP contribution in [0.15, 0.2) is 18.2 Å². The van der Waals surface area contributed by atoms with Gasteiger partial charge in [0.25, 0.3) is 0 Å². The quantitative estimate of drug-likeness (QED) is 0.765. The van der Waals surface area contributed by atoms with Gasteiger partial charge in [-0.25, -0.2) is 8.78 Å². The van der Waals surface area contributed by atoms with E-state index in [1.165, 1.54) is 6.07 Å². The van der Waals surface area contributed by atoms with Gasteiger partial charge in [0.1, 0.15) is 5.75 Å². The van der Waals surface area contributed by atoms with E-state index in [-0.39, 0.29) is 5.41 Å². The van der Waals surface area contributed by atoms with Crippen molar-refractivity contribution in [2.24, 2.45) is 5.41 Å². The Kier molecular flexibility index (Phi) is 2.96. The molecule has 2 rings (SSSR count). The molecule has 0 heterocycles. The Bertz CT molecular complexity index is 364. The number of halogens is 3. The molecule has 4 heteroatoms. The third-order valence-electron chi connectivity index (χ3n) is 2.68. The number of rotatable bonds is 4. The zero-order valence-electron chi connectivity index (χ0n) is 8.10. The fraction of sp³-hybridized carbons (Fsp3) is 0.455. The first kappa shape index (κ1) is 10.9. The average Bonchev–Trinajstić information content (AvgIpc) is 3.01. The van der Waals surface area contributed by atoms with Crippen molar-refractivity contribution in [2.75, 3.05) is 11.9 Å². The van der Waals surface area contributed by atoms with Crippen molar-refractivity contribution in [1.82, 2.24) is 0 Å². The van der Waals surface area contributed by atoms with Crippen LogP contribution in [-0.4, -0.2) is 11.9 Å². The van der Waals surface area contributed by atoms with Crippen molar-refractivity contribution in [3.63, 3.8) is 0 Å². The Morgan fingerprint density at radius 3 is 2.53 bits per heavy atom. The summed E-state index contributed by atoms with van der Waals surface area (Å²) in [4.78, 5) is 0. The van der Waals surface area contributed by atoms with E-state index in [0.29, 0.717) is 12.4 Å². The Morgan fingerprint density at radius 1 is 1.27 bits per heavy atom. The summed E-state index contributed by atoms with van der Waals surface area (Å²) in [6.45, 7) is 0.559. The normalized spacial score (nSPS) is 17.5. The molecule has 0 spiro atoms. The Hall–Kier alpha value is -0.640. The summed E-state index contributed by atoms with van der Waals surface area (Å²) in [7, 11) is 0. The van der Waals surface area contributed by atoms with Crippen molar-refractivity contribution < 1.29 is 13.5 Å². The minimum Gasteiger partial charge on any atom is -0.493 e. The van der Waals surface area contributed by atoms with E-state index in [1.54, 1.807) is 0 Å². The lowest BCUT2D eigenvalue weighted by Gasteiger charge is -2.13. The third-order valence-corrected chi connectivity index (χ3v) is 3.87. The molecule has 82 valence electrons. The van der Waals surface area contributed by atoms with Crippen molar-refractivity contribution in [3.8, 4) is 5.75 Å². The van der Waals surface area contributed by atoms with Gasteiger partial charge >= 0.3 is 0 Å². The molecule has 0 unspecified atom stereocenters. The van der Waals surface area contributed by atoms with Gasteiger partial charge in [0.05, 0.1) is 6.61 Å². The molecule has 0 radical (unpaired) electrons. The molecule has 0 saturated heterocycles. The molecular formula is C11H11BrF2O. The van der Waals surface area contributed by atoms with E-state index in [9.17, 15) is 8.78 Å². The van der Waals surface area contributed by atoms with E-state index in [0.717, 1.165) is 30.3 Å². The van der Waals surface area contributed by atoms with Crippen LogP contribution in [0.3, 0.4) is 0 Å². The maximum absolute atomic E-state index is 12.8. The summed E-state index contributed by atoms with van der Waals surface area (Å²) in [6, 6.07) is 3.61. The lowest BCUT2D eigenvalue weighted by Crippen LogP contribution is -2.14. The highest BCUT2D eigenvalue weighted by Gasteiger charge is 2.42. The highest BCUT2D eigenvalue weighted by molar-refractivity contribution is 9.09. The lowest BCUT2D eigenvalue weighted by atomic mass is 10.2. The minimum absolute atomic E-state index is 0.213. The Morgan fingerprint density at radius 2 is 2.00 bits per heavy atom. The van der Waals surface area contributed by atoms with E-state index >= 15 is 0 Å². The summed E-state index contributed by atoms with van der Waals surface area (Å²) in [5.74, 6) is -1.32. The maximum Gasteiger partial charge on any atom is 0.162 e. The lowest BCUT2D eigenvalue weighted by molar-refractivity contribution is 0.249. The molecule has 0 amide bonds. The molecule has 1 nitrogen and oxygen atoms in total. The standard InChI is InChI=1S/C11H11BrF2O/c12-6-11(3-4-11)7-15-8-1-2-9(13)10(14)5-8/h1-2,5H,3-4,6-7H2. The predicted octanol–water partition coefficient (Wildman–Crippen LogP) is 3.52. The number of hydrogen-bond donors (Lipinski definition) is 0. The van der Waals surface area contributed by atoms with E-state index in [4.69, 9.17) is 4.74 Å². The first-order chi connectivity index (χ1) is 7.15. The largest absolute Gasteiger partial charge is 0.493 e. The smallest absolute Gasteiger partial charge is 0.162 e. The van der Waals surface area contributed by atoms with E-state index in [1.807, 2.05) is 0 Å². The van der Waals surface area contributed by atoms with Gasteiger partial charge in [0.2, 0.25) is 0 Å². The van der Waals surface area contributed by atoms with Gasteiger partial charge in [-0.05, 0) is 25.0 Å². The first-order valence-electron chi connectivity index (χ1n) is 4.79. The highest BCUT2D eigenvalue weighted by Crippen LogP contribution is 2.47. The fourth-order valence-corrected chi connectivity index (χ4v) is 2.02. The van der Waals surface area contributed by atoms with E-state index < -0.39 is 11.6 Å².